The van der Waals surface area contributed by atoms with Crippen molar-refractivity contribution in [2.24, 2.45) is 7.05 Å². The van der Waals surface area contributed by atoms with Crippen molar-refractivity contribution in [2.75, 3.05) is 0 Å². The Bertz CT molecular complexity index is 1060. The highest BCUT2D eigenvalue weighted by molar-refractivity contribution is 7.20. The molecule has 2 amide bonds. The lowest BCUT2D eigenvalue weighted by Crippen LogP contribution is -2.41. The smallest absolute Gasteiger partial charge is 0.280 e. The summed E-state index contributed by atoms with van der Waals surface area (Å²) in [5.41, 5.74) is 5.20. The molecule has 0 atom stereocenters. The largest absolute Gasteiger partial charge is 0.302 e. The van der Waals surface area contributed by atoms with Crippen LogP contribution in [0.2, 0.25) is 5.02 Å². The van der Waals surface area contributed by atoms with Gasteiger partial charge in [-0.15, -0.1) is 11.3 Å². The third kappa shape index (κ3) is 3.13. The number of aromatic nitrogens is 2. The number of hydrazine groups is 1. The summed E-state index contributed by atoms with van der Waals surface area (Å²) in [6, 6.07) is 6.49. The van der Waals surface area contributed by atoms with Crippen LogP contribution in [0.15, 0.2) is 35.4 Å². The van der Waals surface area contributed by atoms with Crippen LogP contribution < -0.4 is 16.4 Å². The molecule has 3 aromatic rings. The quantitative estimate of drug-likeness (QED) is 0.669. The Hall–Kier alpha value is -2.71. The van der Waals surface area contributed by atoms with Crippen molar-refractivity contribution in [1.82, 2.24) is 20.4 Å². The second-order valence-electron chi connectivity index (χ2n) is 5.29. The number of rotatable bonds is 2. The summed E-state index contributed by atoms with van der Waals surface area (Å²) in [7, 11) is 1.59. The highest BCUT2D eigenvalue weighted by Crippen LogP contribution is 2.26. The summed E-state index contributed by atoms with van der Waals surface area (Å²) >= 11 is 7.04. The van der Waals surface area contributed by atoms with E-state index in [1.807, 2.05) is 0 Å². The van der Waals surface area contributed by atoms with E-state index in [-0.39, 0.29) is 16.1 Å². The van der Waals surface area contributed by atoms with E-state index >= 15 is 0 Å². The zero-order valence-corrected chi connectivity index (χ0v) is 14.9. The fraction of sp³-hybridized carbons (Fsp3) is 0.125. The van der Waals surface area contributed by atoms with E-state index in [2.05, 4.69) is 15.8 Å². The predicted molar refractivity (Wildman–Crippen MR) is 96.0 cm³/mol. The number of hydrogen-bond donors (Lipinski definition) is 2. The SMILES string of the molecule is Cc1c(C(=O)NNC(=O)c2ccccc2Cl)sc2ncn(C)c(=O)c12. The highest BCUT2D eigenvalue weighted by Gasteiger charge is 2.19. The van der Waals surface area contributed by atoms with Gasteiger partial charge in [-0.2, -0.15) is 0 Å². The average molecular weight is 377 g/mol. The normalized spacial score (nSPS) is 10.7. The number of aryl methyl sites for hydroxylation is 2. The maximum absolute atomic E-state index is 12.4. The van der Waals surface area contributed by atoms with Crippen LogP contribution >= 0.6 is 22.9 Å². The third-order valence-corrected chi connectivity index (χ3v) is 5.15. The number of carbonyl (C=O) groups is 2. The van der Waals surface area contributed by atoms with E-state index < -0.39 is 11.8 Å². The maximum Gasteiger partial charge on any atom is 0.280 e. The lowest BCUT2D eigenvalue weighted by molar-refractivity contribution is 0.0848. The zero-order chi connectivity index (χ0) is 18.1. The van der Waals surface area contributed by atoms with Crippen molar-refractivity contribution >= 4 is 45.0 Å². The molecule has 0 saturated heterocycles. The number of nitrogens with zero attached hydrogens (tertiary/aromatic N) is 2. The minimum Gasteiger partial charge on any atom is -0.302 e. The van der Waals surface area contributed by atoms with Crippen molar-refractivity contribution in [2.45, 2.75) is 6.92 Å². The number of amides is 2. The van der Waals surface area contributed by atoms with Gasteiger partial charge in [0.05, 0.1) is 27.2 Å². The van der Waals surface area contributed by atoms with Crippen molar-refractivity contribution < 1.29 is 9.59 Å². The van der Waals surface area contributed by atoms with E-state index in [1.165, 1.54) is 10.9 Å². The summed E-state index contributed by atoms with van der Waals surface area (Å²) in [6.45, 7) is 1.67. The van der Waals surface area contributed by atoms with Gasteiger partial charge in [0.1, 0.15) is 4.83 Å². The van der Waals surface area contributed by atoms with Gasteiger partial charge in [0.15, 0.2) is 0 Å². The summed E-state index contributed by atoms with van der Waals surface area (Å²) < 4.78 is 1.35. The molecule has 0 fully saturated rings. The molecule has 2 aromatic heterocycles. The standard InChI is InChI=1S/C16H13ClN4O3S/c1-8-11-15(18-7-21(2)16(11)24)25-12(8)14(23)20-19-13(22)9-5-3-4-6-10(9)17/h3-7H,1-2H3,(H,19,22)(H,20,23). The van der Waals surface area contributed by atoms with Gasteiger partial charge >= 0.3 is 0 Å². The van der Waals surface area contributed by atoms with Crippen LogP contribution in [0.3, 0.4) is 0 Å². The first-order valence-corrected chi connectivity index (χ1v) is 8.39. The summed E-state index contributed by atoms with van der Waals surface area (Å²) in [6.07, 6.45) is 1.40. The Morgan fingerprint density at radius 1 is 1.20 bits per heavy atom. The minimum atomic E-state index is -0.535. The first-order chi connectivity index (χ1) is 11.9. The van der Waals surface area contributed by atoms with Crippen LogP contribution in [0.25, 0.3) is 10.2 Å². The summed E-state index contributed by atoms with van der Waals surface area (Å²) in [5, 5.41) is 0.678. The highest BCUT2D eigenvalue weighted by atomic mass is 35.5. The lowest BCUT2D eigenvalue weighted by Gasteiger charge is -2.07. The van der Waals surface area contributed by atoms with E-state index in [1.54, 1.807) is 38.2 Å². The number of halogens is 1. The topological polar surface area (TPSA) is 93.1 Å². The van der Waals surface area contributed by atoms with Crippen molar-refractivity contribution in [3.8, 4) is 0 Å². The van der Waals surface area contributed by atoms with Crippen LogP contribution in [0.5, 0.6) is 0 Å². The van der Waals surface area contributed by atoms with Gasteiger partial charge in [0.25, 0.3) is 17.4 Å². The third-order valence-electron chi connectivity index (χ3n) is 3.62. The molecule has 2 heterocycles. The first kappa shape index (κ1) is 17.1. The molecule has 2 N–H and O–H groups in total. The molecule has 0 saturated carbocycles. The molecule has 0 unspecified atom stereocenters. The Morgan fingerprint density at radius 2 is 1.88 bits per heavy atom. The molecule has 0 aliphatic heterocycles. The maximum atomic E-state index is 12.4. The Balaban J connectivity index is 1.83. The molecule has 0 aliphatic rings. The number of thiophene rings is 1. The van der Waals surface area contributed by atoms with Gasteiger partial charge in [-0.25, -0.2) is 4.98 Å². The van der Waals surface area contributed by atoms with Gasteiger partial charge in [-0.05, 0) is 24.6 Å². The molecular formula is C16H13ClN4O3S. The molecule has 9 heteroatoms. The summed E-state index contributed by atoms with van der Waals surface area (Å²) in [4.78, 5) is 41.6. The van der Waals surface area contributed by atoms with Gasteiger partial charge in [-0.3, -0.25) is 25.2 Å². The number of nitrogens with one attached hydrogen (secondary N) is 2. The van der Waals surface area contributed by atoms with Crippen LogP contribution in [-0.4, -0.2) is 21.4 Å². The fourth-order valence-electron chi connectivity index (χ4n) is 2.31. The van der Waals surface area contributed by atoms with E-state index in [0.717, 1.165) is 11.3 Å². The molecule has 0 aliphatic carbocycles. The number of fused-ring (bicyclic) bond motifs is 1. The molecule has 128 valence electrons. The minimum absolute atomic E-state index is 0.224. The van der Waals surface area contributed by atoms with Crippen LogP contribution in [0.4, 0.5) is 0 Å². The number of hydrogen-bond acceptors (Lipinski definition) is 5. The second kappa shape index (κ2) is 6.66. The second-order valence-corrected chi connectivity index (χ2v) is 6.69. The van der Waals surface area contributed by atoms with E-state index in [4.69, 9.17) is 11.6 Å². The molecule has 25 heavy (non-hydrogen) atoms. The average Bonchev–Trinajstić information content (AvgIpc) is 2.93. The van der Waals surface area contributed by atoms with Crippen LogP contribution in [0.1, 0.15) is 25.6 Å². The molecular weight excluding hydrogens is 364 g/mol. The summed E-state index contributed by atoms with van der Waals surface area (Å²) in [5.74, 6) is -1.06. The molecule has 3 rings (SSSR count). The molecule has 0 bridgehead atoms. The van der Waals surface area contributed by atoms with Crippen molar-refractivity contribution in [3.05, 3.63) is 62.0 Å². The Morgan fingerprint density at radius 3 is 2.60 bits per heavy atom. The van der Waals surface area contributed by atoms with Gasteiger partial charge in [0, 0.05) is 7.05 Å². The predicted octanol–water partition coefficient (Wildman–Crippen LogP) is 2.03. The van der Waals surface area contributed by atoms with Crippen molar-refractivity contribution in [3.63, 3.8) is 0 Å². The Labute approximate surface area is 151 Å². The number of benzene rings is 1. The van der Waals surface area contributed by atoms with Gasteiger partial charge < -0.3 is 4.57 Å². The monoisotopic (exact) mass is 376 g/mol. The first-order valence-electron chi connectivity index (χ1n) is 7.20. The molecule has 0 radical (unpaired) electrons. The van der Waals surface area contributed by atoms with Gasteiger partial charge in [0.2, 0.25) is 0 Å². The Kier molecular flexibility index (Phi) is 4.56. The van der Waals surface area contributed by atoms with Crippen LogP contribution in [0, 0.1) is 6.92 Å². The number of carbonyl (C=O) groups excluding carboxylic acids is 2. The van der Waals surface area contributed by atoms with E-state index in [0.29, 0.717) is 20.7 Å². The fourth-order valence-corrected chi connectivity index (χ4v) is 3.56. The zero-order valence-electron chi connectivity index (χ0n) is 13.3. The van der Waals surface area contributed by atoms with Gasteiger partial charge in [-0.1, -0.05) is 23.7 Å². The van der Waals surface area contributed by atoms with E-state index in [9.17, 15) is 14.4 Å². The molecule has 7 nitrogen and oxygen atoms in total. The lowest BCUT2D eigenvalue weighted by atomic mass is 10.2. The molecule has 0 spiro atoms. The molecule has 1 aromatic carbocycles. The van der Waals surface area contributed by atoms with Crippen LogP contribution in [-0.2, 0) is 7.05 Å². The van der Waals surface area contributed by atoms with Crippen molar-refractivity contribution in [1.29, 1.82) is 0 Å².